The highest BCUT2D eigenvalue weighted by Gasteiger charge is 2.15. The topological polar surface area (TPSA) is 70.2 Å². The van der Waals surface area contributed by atoms with Gasteiger partial charge in [0.1, 0.15) is 0 Å². The molecule has 2 aromatic carbocycles. The Morgan fingerprint density at radius 2 is 1.74 bits per heavy atom. The summed E-state index contributed by atoms with van der Waals surface area (Å²) in [6.45, 7) is 10.1. The van der Waals surface area contributed by atoms with E-state index in [1.165, 1.54) is 5.56 Å². The minimum absolute atomic E-state index is 0.159. The molecule has 0 saturated carbocycles. The number of benzene rings is 2. The summed E-state index contributed by atoms with van der Waals surface area (Å²) in [4.78, 5) is 24.6. The van der Waals surface area contributed by atoms with Gasteiger partial charge in [0.05, 0.1) is 6.54 Å². The number of para-hydroxylation sites is 1. The molecule has 0 aliphatic heterocycles. The van der Waals surface area contributed by atoms with Gasteiger partial charge in [0.15, 0.2) is 0 Å². The second-order valence-corrected chi connectivity index (χ2v) is 7.65. The number of carbonyl (C=O) groups is 2. The molecular formula is C22H29N3O2. The fraction of sp³-hybridized carbons (Fsp3) is 0.364. The van der Waals surface area contributed by atoms with Crippen LogP contribution in [0.15, 0.2) is 42.5 Å². The van der Waals surface area contributed by atoms with Crippen molar-refractivity contribution in [3.63, 3.8) is 0 Å². The van der Waals surface area contributed by atoms with Crippen LogP contribution in [0.25, 0.3) is 0 Å². The highest BCUT2D eigenvalue weighted by molar-refractivity contribution is 5.98. The molecule has 0 unspecified atom stereocenters. The van der Waals surface area contributed by atoms with Gasteiger partial charge < -0.3 is 16.0 Å². The maximum atomic E-state index is 12.3. The van der Waals surface area contributed by atoms with Crippen LogP contribution in [0.4, 0.5) is 11.4 Å². The van der Waals surface area contributed by atoms with Gasteiger partial charge in [-0.15, -0.1) is 0 Å². The molecule has 5 heteroatoms. The lowest BCUT2D eigenvalue weighted by Gasteiger charge is -2.20. The van der Waals surface area contributed by atoms with E-state index in [0.717, 1.165) is 17.7 Å². The first-order valence-electron chi connectivity index (χ1n) is 9.24. The van der Waals surface area contributed by atoms with Crippen molar-refractivity contribution in [3.8, 4) is 0 Å². The molecule has 0 aliphatic rings. The van der Waals surface area contributed by atoms with E-state index in [-0.39, 0.29) is 23.9 Å². The molecule has 2 amide bonds. The summed E-state index contributed by atoms with van der Waals surface area (Å²) in [6.07, 6.45) is 0.899. The van der Waals surface area contributed by atoms with Crippen LogP contribution in [0.3, 0.4) is 0 Å². The number of carbonyl (C=O) groups excluding carboxylic acids is 2. The van der Waals surface area contributed by atoms with Crippen molar-refractivity contribution in [2.45, 2.75) is 46.6 Å². The van der Waals surface area contributed by atoms with E-state index in [9.17, 15) is 9.59 Å². The van der Waals surface area contributed by atoms with Gasteiger partial charge >= 0.3 is 0 Å². The van der Waals surface area contributed by atoms with Crippen LogP contribution in [0.2, 0.25) is 0 Å². The van der Waals surface area contributed by atoms with E-state index < -0.39 is 0 Å². The second kappa shape index (κ2) is 8.71. The van der Waals surface area contributed by atoms with Gasteiger partial charge in [-0.3, -0.25) is 9.59 Å². The zero-order valence-electron chi connectivity index (χ0n) is 16.8. The third-order valence-corrected chi connectivity index (χ3v) is 4.06. The summed E-state index contributed by atoms with van der Waals surface area (Å²) in [5, 5.41) is 8.99. The molecule has 0 heterocycles. The molecule has 0 aliphatic carbocycles. The summed E-state index contributed by atoms with van der Waals surface area (Å²) in [7, 11) is 0. The van der Waals surface area contributed by atoms with Crippen LogP contribution in [-0.2, 0) is 11.2 Å². The van der Waals surface area contributed by atoms with Crippen molar-refractivity contribution < 1.29 is 9.59 Å². The Balaban J connectivity index is 2.01. The first-order chi connectivity index (χ1) is 12.7. The third-order valence-electron chi connectivity index (χ3n) is 4.06. The van der Waals surface area contributed by atoms with E-state index in [2.05, 4.69) is 28.9 Å². The maximum absolute atomic E-state index is 12.3. The normalized spacial score (nSPS) is 11.0. The van der Waals surface area contributed by atoms with Crippen LogP contribution in [0, 0.1) is 6.92 Å². The van der Waals surface area contributed by atoms with Gasteiger partial charge in [-0.1, -0.05) is 31.2 Å². The predicted molar refractivity (Wildman–Crippen MR) is 111 cm³/mol. The molecule has 0 saturated heterocycles. The predicted octanol–water partition coefficient (Wildman–Crippen LogP) is 4.14. The first kappa shape index (κ1) is 20.5. The van der Waals surface area contributed by atoms with Crippen LogP contribution in [-0.4, -0.2) is 23.9 Å². The van der Waals surface area contributed by atoms with Crippen LogP contribution in [0.5, 0.6) is 0 Å². The molecule has 0 atom stereocenters. The lowest BCUT2D eigenvalue weighted by atomic mass is 10.1. The minimum atomic E-state index is -0.315. The molecule has 2 rings (SSSR count). The third kappa shape index (κ3) is 6.13. The Morgan fingerprint density at radius 3 is 2.41 bits per heavy atom. The van der Waals surface area contributed by atoms with Crippen molar-refractivity contribution in [2.24, 2.45) is 0 Å². The van der Waals surface area contributed by atoms with Gasteiger partial charge in [-0.25, -0.2) is 0 Å². The number of nitrogens with one attached hydrogen (secondary N) is 3. The maximum Gasteiger partial charge on any atom is 0.251 e. The number of amides is 2. The molecule has 0 aromatic heterocycles. The summed E-state index contributed by atoms with van der Waals surface area (Å²) >= 11 is 0. The summed E-state index contributed by atoms with van der Waals surface area (Å²) < 4.78 is 0. The van der Waals surface area contributed by atoms with Crippen molar-refractivity contribution >= 4 is 23.2 Å². The largest absolute Gasteiger partial charge is 0.376 e. The standard InChI is InChI=1S/C22H29N3O2/c1-6-16-10-7-9-15(2)20(16)23-14-19(26)24-18-12-8-11-17(13-18)21(27)25-22(3,4)5/h7-13,23H,6,14H2,1-5H3,(H,24,26)(H,25,27). The summed E-state index contributed by atoms with van der Waals surface area (Å²) in [5.74, 6) is -0.321. The molecule has 5 nitrogen and oxygen atoms in total. The van der Waals surface area contributed by atoms with Gasteiger partial charge in [-0.2, -0.15) is 0 Å². The molecule has 27 heavy (non-hydrogen) atoms. The highest BCUT2D eigenvalue weighted by atomic mass is 16.2. The average Bonchev–Trinajstić information content (AvgIpc) is 2.59. The Kier molecular flexibility index (Phi) is 6.61. The lowest BCUT2D eigenvalue weighted by molar-refractivity contribution is -0.114. The molecular weight excluding hydrogens is 338 g/mol. The Morgan fingerprint density at radius 1 is 1.04 bits per heavy atom. The molecule has 0 radical (unpaired) electrons. The van der Waals surface area contributed by atoms with Gasteiger partial charge in [0.2, 0.25) is 5.91 Å². The minimum Gasteiger partial charge on any atom is -0.376 e. The van der Waals surface area contributed by atoms with Crippen molar-refractivity contribution in [2.75, 3.05) is 17.2 Å². The SMILES string of the molecule is CCc1cccc(C)c1NCC(=O)Nc1cccc(C(=O)NC(C)(C)C)c1. The van der Waals surface area contributed by atoms with Crippen LogP contribution in [0.1, 0.15) is 49.2 Å². The van der Waals surface area contributed by atoms with Crippen LogP contribution < -0.4 is 16.0 Å². The Labute approximate surface area is 161 Å². The second-order valence-electron chi connectivity index (χ2n) is 7.65. The zero-order valence-corrected chi connectivity index (χ0v) is 16.8. The number of hydrogen-bond donors (Lipinski definition) is 3. The van der Waals surface area contributed by atoms with E-state index in [1.807, 2.05) is 39.8 Å². The van der Waals surface area contributed by atoms with Crippen molar-refractivity contribution in [1.29, 1.82) is 0 Å². The van der Waals surface area contributed by atoms with E-state index >= 15 is 0 Å². The van der Waals surface area contributed by atoms with E-state index in [1.54, 1.807) is 24.3 Å². The molecule has 0 fully saturated rings. The molecule has 3 N–H and O–H groups in total. The monoisotopic (exact) mass is 367 g/mol. The number of aryl methyl sites for hydroxylation is 2. The summed E-state index contributed by atoms with van der Waals surface area (Å²) in [5.41, 5.74) is 4.11. The molecule has 0 spiro atoms. The molecule has 0 bridgehead atoms. The van der Waals surface area contributed by atoms with E-state index in [4.69, 9.17) is 0 Å². The van der Waals surface area contributed by atoms with Gasteiger partial charge in [0, 0.05) is 22.5 Å². The smallest absolute Gasteiger partial charge is 0.251 e. The summed E-state index contributed by atoms with van der Waals surface area (Å²) in [6, 6.07) is 13.1. The molecule has 144 valence electrons. The van der Waals surface area contributed by atoms with Crippen molar-refractivity contribution in [3.05, 3.63) is 59.2 Å². The van der Waals surface area contributed by atoms with Gasteiger partial charge in [0.25, 0.3) is 5.91 Å². The number of rotatable bonds is 6. The molecule has 2 aromatic rings. The first-order valence-corrected chi connectivity index (χ1v) is 9.24. The Hall–Kier alpha value is -2.82. The Bertz CT molecular complexity index is 823. The average molecular weight is 367 g/mol. The quantitative estimate of drug-likeness (QED) is 0.719. The zero-order chi connectivity index (χ0) is 20.0. The van der Waals surface area contributed by atoms with Crippen molar-refractivity contribution in [1.82, 2.24) is 5.32 Å². The van der Waals surface area contributed by atoms with Crippen LogP contribution >= 0.6 is 0 Å². The number of anilines is 2. The lowest BCUT2D eigenvalue weighted by Crippen LogP contribution is -2.40. The number of hydrogen-bond acceptors (Lipinski definition) is 3. The van der Waals surface area contributed by atoms with Gasteiger partial charge in [-0.05, 0) is 63.4 Å². The van der Waals surface area contributed by atoms with E-state index in [0.29, 0.717) is 11.3 Å². The fourth-order valence-corrected chi connectivity index (χ4v) is 2.80. The fourth-order valence-electron chi connectivity index (χ4n) is 2.80. The highest BCUT2D eigenvalue weighted by Crippen LogP contribution is 2.21.